The molecule has 8 heteroatoms. The average molecular weight is 438 g/mol. The lowest BCUT2D eigenvalue weighted by Crippen LogP contribution is -2.38. The number of likely N-dealkylation sites (tertiary alicyclic amines) is 1. The summed E-state index contributed by atoms with van der Waals surface area (Å²) < 4.78 is 12.9. The van der Waals surface area contributed by atoms with Gasteiger partial charge in [0, 0.05) is 62.2 Å². The lowest BCUT2D eigenvalue weighted by Gasteiger charge is -2.32. The first kappa shape index (κ1) is 21.9. The van der Waals surface area contributed by atoms with Gasteiger partial charge in [-0.3, -0.25) is 9.78 Å². The molecule has 0 radical (unpaired) electrons. The van der Waals surface area contributed by atoms with Gasteiger partial charge in [-0.1, -0.05) is 6.92 Å². The first-order chi connectivity index (χ1) is 15.5. The van der Waals surface area contributed by atoms with E-state index in [1.807, 2.05) is 29.3 Å². The van der Waals surface area contributed by atoms with Crippen LogP contribution in [-0.4, -0.2) is 52.7 Å². The van der Waals surface area contributed by atoms with Crippen LogP contribution < -0.4 is 15.2 Å². The molecular weight excluding hydrogens is 406 g/mol. The van der Waals surface area contributed by atoms with Crippen molar-refractivity contribution in [2.24, 2.45) is 0 Å². The maximum atomic E-state index is 12.7. The highest BCUT2D eigenvalue weighted by Crippen LogP contribution is 2.36. The average Bonchev–Trinajstić information content (AvgIpc) is 3.29. The minimum absolute atomic E-state index is 0.190. The van der Waals surface area contributed by atoms with Crippen LogP contribution in [0.5, 0.6) is 11.5 Å². The molecule has 1 aliphatic rings. The number of nitrogens with zero attached hydrogens (tertiary/aromatic N) is 4. The van der Waals surface area contributed by atoms with Gasteiger partial charge < -0.3 is 24.7 Å². The Balaban J connectivity index is 1.42. The van der Waals surface area contributed by atoms with Crippen LogP contribution in [0.3, 0.4) is 0 Å². The van der Waals surface area contributed by atoms with Gasteiger partial charge in [0.15, 0.2) is 11.5 Å². The molecule has 4 rings (SSSR count). The molecule has 8 nitrogen and oxygen atoms in total. The number of carbonyl (C=O) groups is 1. The summed E-state index contributed by atoms with van der Waals surface area (Å²) in [7, 11) is 3.23. The number of aromatic nitrogens is 3. The van der Waals surface area contributed by atoms with Gasteiger partial charge in [0.1, 0.15) is 5.82 Å². The summed E-state index contributed by atoms with van der Waals surface area (Å²) >= 11 is 0. The summed E-state index contributed by atoms with van der Waals surface area (Å²) in [5.41, 5.74) is 8.80. The third kappa shape index (κ3) is 4.35. The van der Waals surface area contributed by atoms with Crippen molar-refractivity contribution in [1.29, 1.82) is 0 Å². The molecule has 3 aromatic rings. The number of ether oxygens (including phenoxy) is 2. The molecule has 0 spiro atoms. The maximum Gasteiger partial charge on any atom is 0.224 e. The molecule has 0 saturated carbocycles. The van der Waals surface area contributed by atoms with E-state index in [1.54, 1.807) is 20.4 Å². The number of anilines is 1. The van der Waals surface area contributed by atoms with E-state index >= 15 is 0 Å². The lowest BCUT2D eigenvalue weighted by molar-refractivity contribution is -0.132. The van der Waals surface area contributed by atoms with Crippen LogP contribution in [0, 0.1) is 0 Å². The van der Waals surface area contributed by atoms with E-state index < -0.39 is 0 Å². The molecule has 1 aromatic carbocycles. The fourth-order valence-corrected chi connectivity index (χ4v) is 4.49. The topological polar surface area (TPSA) is 95.5 Å². The number of nitrogens with two attached hydrogens (primary N) is 1. The Bertz CT molecular complexity index is 1100. The number of rotatable bonds is 7. The van der Waals surface area contributed by atoms with E-state index in [0.717, 1.165) is 54.8 Å². The number of amides is 1. The normalized spacial score (nSPS) is 14.7. The van der Waals surface area contributed by atoms with Crippen LogP contribution in [0.1, 0.15) is 43.6 Å². The molecule has 3 heterocycles. The second-order valence-electron chi connectivity index (χ2n) is 8.16. The molecule has 2 N–H and O–H groups in total. The van der Waals surface area contributed by atoms with Gasteiger partial charge in [0.05, 0.1) is 31.1 Å². The Morgan fingerprint density at radius 3 is 2.56 bits per heavy atom. The van der Waals surface area contributed by atoms with Gasteiger partial charge in [-0.05, 0) is 25.0 Å². The first-order valence-corrected chi connectivity index (χ1v) is 11.1. The fraction of sp³-hybridized carbons (Fsp3) is 0.458. The van der Waals surface area contributed by atoms with E-state index in [1.165, 1.54) is 0 Å². The van der Waals surface area contributed by atoms with Gasteiger partial charge in [-0.25, -0.2) is 4.98 Å². The van der Waals surface area contributed by atoms with Crippen molar-refractivity contribution in [3.8, 4) is 11.5 Å². The highest BCUT2D eigenvalue weighted by molar-refractivity contribution is 5.86. The number of fused-ring (bicyclic) bond motifs is 1. The molecule has 32 heavy (non-hydrogen) atoms. The van der Waals surface area contributed by atoms with E-state index in [-0.39, 0.29) is 11.8 Å². The van der Waals surface area contributed by atoms with E-state index in [4.69, 9.17) is 20.2 Å². The summed E-state index contributed by atoms with van der Waals surface area (Å²) in [6, 6.07) is 5.73. The van der Waals surface area contributed by atoms with Gasteiger partial charge in [0.25, 0.3) is 0 Å². The Labute approximate surface area is 188 Å². The van der Waals surface area contributed by atoms with Crippen LogP contribution in [0.25, 0.3) is 10.9 Å². The Morgan fingerprint density at radius 1 is 1.16 bits per heavy atom. The number of imidazole rings is 1. The first-order valence-electron chi connectivity index (χ1n) is 11.1. The summed E-state index contributed by atoms with van der Waals surface area (Å²) in [5.74, 6) is 2.74. The number of nitrogen functional groups attached to an aromatic ring is 1. The second kappa shape index (κ2) is 9.46. The molecule has 0 bridgehead atoms. The number of hydrogen-bond donors (Lipinski definition) is 1. The molecule has 170 valence electrons. The zero-order valence-corrected chi connectivity index (χ0v) is 19.0. The minimum atomic E-state index is 0.190. The predicted octanol–water partition coefficient (Wildman–Crippen LogP) is 3.39. The third-order valence-corrected chi connectivity index (χ3v) is 6.30. The van der Waals surface area contributed by atoms with E-state index in [2.05, 4.69) is 16.5 Å². The van der Waals surface area contributed by atoms with Crippen molar-refractivity contribution < 1.29 is 14.3 Å². The largest absolute Gasteiger partial charge is 0.493 e. The Kier molecular flexibility index (Phi) is 6.48. The summed E-state index contributed by atoms with van der Waals surface area (Å²) in [5, 5.41) is 0.919. The van der Waals surface area contributed by atoms with Crippen molar-refractivity contribution in [2.45, 2.75) is 45.1 Å². The van der Waals surface area contributed by atoms with E-state index in [0.29, 0.717) is 30.2 Å². The minimum Gasteiger partial charge on any atom is -0.493 e. The van der Waals surface area contributed by atoms with Crippen LogP contribution in [0.15, 0.2) is 30.6 Å². The zero-order valence-electron chi connectivity index (χ0n) is 19.0. The van der Waals surface area contributed by atoms with Crippen molar-refractivity contribution in [1.82, 2.24) is 19.4 Å². The number of aryl methyl sites for hydroxylation is 2. The van der Waals surface area contributed by atoms with Gasteiger partial charge in [-0.15, -0.1) is 0 Å². The molecule has 1 aliphatic heterocycles. The van der Waals surface area contributed by atoms with Crippen molar-refractivity contribution in [3.63, 3.8) is 0 Å². The monoisotopic (exact) mass is 437 g/mol. The number of hydrogen-bond acceptors (Lipinski definition) is 6. The number of methoxy groups -OCH3 is 2. The van der Waals surface area contributed by atoms with Crippen molar-refractivity contribution in [2.75, 3.05) is 33.0 Å². The summed E-state index contributed by atoms with van der Waals surface area (Å²) in [6.45, 7) is 4.19. The standard InChI is InChI=1S/C24H31N5O3/c1-4-22-26-8-12-28(22)11-7-23(30)29-9-5-16(6-10-29)24-18(25)13-17-14-20(31-2)21(32-3)15-19(17)27-24/h8,12-16H,4-7,9-11,25H2,1-3H3. The molecule has 1 saturated heterocycles. The fourth-order valence-electron chi connectivity index (χ4n) is 4.49. The molecule has 1 fully saturated rings. The van der Waals surface area contributed by atoms with Crippen LogP contribution in [-0.2, 0) is 17.8 Å². The molecular formula is C24H31N5O3. The SMILES string of the molecule is CCc1nccn1CCC(=O)N1CCC(c2nc3cc(OC)c(OC)cc3cc2N)CC1. The zero-order chi connectivity index (χ0) is 22.7. The lowest BCUT2D eigenvalue weighted by atomic mass is 9.91. The predicted molar refractivity (Wildman–Crippen MR) is 124 cm³/mol. The van der Waals surface area contributed by atoms with Crippen LogP contribution in [0.2, 0.25) is 0 Å². The summed E-state index contributed by atoms with van der Waals surface area (Å²) in [4.78, 5) is 23.9. The van der Waals surface area contributed by atoms with Crippen molar-refractivity contribution >= 4 is 22.5 Å². The maximum absolute atomic E-state index is 12.7. The summed E-state index contributed by atoms with van der Waals surface area (Å²) in [6.07, 6.45) is 6.80. The molecule has 1 amide bonds. The van der Waals surface area contributed by atoms with Gasteiger partial charge >= 0.3 is 0 Å². The highest BCUT2D eigenvalue weighted by atomic mass is 16.5. The van der Waals surface area contributed by atoms with Gasteiger partial charge in [-0.2, -0.15) is 0 Å². The molecule has 0 aliphatic carbocycles. The molecule has 0 unspecified atom stereocenters. The van der Waals surface area contributed by atoms with Crippen LogP contribution >= 0.6 is 0 Å². The number of carbonyl (C=O) groups excluding carboxylic acids is 1. The second-order valence-corrected chi connectivity index (χ2v) is 8.16. The van der Waals surface area contributed by atoms with Crippen LogP contribution in [0.4, 0.5) is 5.69 Å². The smallest absolute Gasteiger partial charge is 0.224 e. The Hall–Kier alpha value is -3.29. The van der Waals surface area contributed by atoms with Crippen molar-refractivity contribution in [3.05, 3.63) is 42.1 Å². The molecule has 0 atom stereocenters. The number of piperidine rings is 1. The third-order valence-electron chi connectivity index (χ3n) is 6.30. The Morgan fingerprint density at radius 2 is 1.88 bits per heavy atom. The highest BCUT2D eigenvalue weighted by Gasteiger charge is 2.26. The van der Waals surface area contributed by atoms with Gasteiger partial charge in [0.2, 0.25) is 5.91 Å². The molecule has 2 aromatic heterocycles. The number of pyridine rings is 1. The quantitative estimate of drug-likeness (QED) is 0.609. The number of benzene rings is 1. The van der Waals surface area contributed by atoms with E-state index in [9.17, 15) is 4.79 Å².